The molecule has 2 aromatic carbocycles. The Kier molecular flexibility index (Phi) is 5.32. The van der Waals surface area contributed by atoms with Crippen LogP contribution in [-0.2, 0) is 0 Å². The Morgan fingerprint density at radius 1 is 0.889 bits per heavy atom. The van der Waals surface area contributed by atoms with E-state index in [1.807, 2.05) is 31.2 Å². The summed E-state index contributed by atoms with van der Waals surface area (Å²) in [5.41, 5.74) is 7.68. The molecule has 0 aliphatic rings. The summed E-state index contributed by atoms with van der Waals surface area (Å²) in [7, 11) is 0. The summed E-state index contributed by atoms with van der Waals surface area (Å²) in [5.74, 6) is 0.822. The molecule has 3 aromatic rings. The molecule has 1 heterocycles. The average molecular weight is 362 g/mol. The lowest BCUT2D eigenvalue weighted by molar-refractivity contribution is 0.102. The summed E-state index contributed by atoms with van der Waals surface area (Å²) in [5, 5.41) is 5.18. The maximum Gasteiger partial charge on any atom is 0.316 e. The number of rotatable bonds is 5. The van der Waals surface area contributed by atoms with Crippen molar-refractivity contribution in [2.75, 3.05) is 10.6 Å². The summed E-state index contributed by atoms with van der Waals surface area (Å²) < 4.78 is 5.65. The number of urea groups is 1. The van der Waals surface area contributed by atoms with Gasteiger partial charge in [0, 0.05) is 17.3 Å². The highest BCUT2D eigenvalue weighted by atomic mass is 16.5. The lowest BCUT2D eigenvalue weighted by atomic mass is 10.2. The third-order valence-electron chi connectivity index (χ3n) is 3.65. The van der Waals surface area contributed by atoms with Crippen molar-refractivity contribution in [3.63, 3.8) is 0 Å². The molecule has 7 heteroatoms. The first kappa shape index (κ1) is 17.9. The second kappa shape index (κ2) is 8.01. The van der Waals surface area contributed by atoms with Crippen molar-refractivity contribution in [2.24, 2.45) is 5.73 Å². The summed E-state index contributed by atoms with van der Waals surface area (Å²) in [6.07, 6.45) is 1.52. The van der Waals surface area contributed by atoms with Gasteiger partial charge in [-0.05, 0) is 49.4 Å². The van der Waals surface area contributed by atoms with Crippen LogP contribution in [0.15, 0.2) is 66.9 Å². The molecule has 0 aliphatic heterocycles. The van der Waals surface area contributed by atoms with E-state index < -0.39 is 6.03 Å². The zero-order valence-electron chi connectivity index (χ0n) is 14.6. The molecule has 7 nitrogen and oxygen atoms in total. The van der Waals surface area contributed by atoms with Crippen LogP contribution in [0, 0.1) is 6.92 Å². The van der Waals surface area contributed by atoms with Gasteiger partial charge in [-0.3, -0.25) is 4.79 Å². The van der Waals surface area contributed by atoms with Gasteiger partial charge in [0.25, 0.3) is 5.91 Å². The number of carbonyl (C=O) groups is 2. The molecule has 136 valence electrons. The predicted octanol–water partition coefficient (Wildman–Crippen LogP) is 3.93. The van der Waals surface area contributed by atoms with Gasteiger partial charge in [-0.15, -0.1) is 0 Å². The van der Waals surface area contributed by atoms with E-state index in [0.29, 0.717) is 28.6 Å². The molecule has 0 saturated heterocycles. The zero-order chi connectivity index (χ0) is 19.2. The molecule has 0 aliphatic carbocycles. The molecular weight excluding hydrogens is 344 g/mol. The Morgan fingerprint density at radius 2 is 1.56 bits per heavy atom. The van der Waals surface area contributed by atoms with Gasteiger partial charge in [-0.25, -0.2) is 9.78 Å². The third-order valence-corrected chi connectivity index (χ3v) is 3.65. The van der Waals surface area contributed by atoms with Crippen molar-refractivity contribution in [1.82, 2.24) is 4.98 Å². The van der Waals surface area contributed by atoms with Crippen molar-refractivity contribution < 1.29 is 14.3 Å². The number of amides is 3. The van der Waals surface area contributed by atoms with E-state index in [1.54, 1.807) is 36.4 Å². The highest BCUT2D eigenvalue weighted by Gasteiger charge is 2.07. The van der Waals surface area contributed by atoms with Crippen molar-refractivity contribution in [3.8, 4) is 11.6 Å². The molecular formula is C20H18N4O3. The van der Waals surface area contributed by atoms with Crippen LogP contribution in [0.1, 0.15) is 15.9 Å². The van der Waals surface area contributed by atoms with Crippen molar-refractivity contribution >= 4 is 23.3 Å². The topological polar surface area (TPSA) is 106 Å². The highest BCUT2D eigenvalue weighted by molar-refractivity contribution is 6.04. The minimum absolute atomic E-state index is 0.297. The lowest BCUT2D eigenvalue weighted by Crippen LogP contribution is -2.19. The summed E-state index contributed by atoms with van der Waals surface area (Å²) in [6.45, 7) is 2.00. The first-order valence-corrected chi connectivity index (χ1v) is 8.18. The van der Waals surface area contributed by atoms with E-state index in [1.165, 1.54) is 6.20 Å². The van der Waals surface area contributed by atoms with Gasteiger partial charge < -0.3 is 21.1 Å². The molecule has 0 unspecified atom stereocenters. The van der Waals surface area contributed by atoms with Crippen LogP contribution in [0.5, 0.6) is 11.6 Å². The number of carbonyl (C=O) groups excluding carboxylic acids is 2. The number of nitrogens with zero attached hydrogens (tertiary/aromatic N) is 1. The first-order valence-electron chi connectivity index (χ1n) is 8.18. The van der Waals surface area contributed by atoms with Crippen LogP contribution in [0.25, 0.3) is 0 Å². The van der Waals surface area contributed by atoms with Crippen LogP contribution in [0.4, 0.5) is 16.2 Å². The number of nitrogens with one attached hydrogen (secondary N) is 2. The van der Waals surface area contributed by atoms with Gasteiger partial charge in [0.05, 0.1) is 11.9 Å². The molecule has 0 bridgehead atoms. The Labute approximate surface area is 156 Å². The number of benzene rings is 2. The lowest BCUT2D eigenvalue weighted by Gasteiger charge is -2.08. The Hall–Kier alpha value is -3.87. The van der Waals surface area contributed by atoms with E-state index in [9.17, 15) is 9.59 Å². The van der Waals surface area contributed by atoms with Crippen LogP contribution in [0.3, 0.4) is 0 Å². The van der Waals surface area contributed by atoms with Gasteiger partial charge >= 0.3 is 6.03 Å². The second-order valence-corrected chi connectivity index (χ2v) is 5.82. The number of aromatic nitrogens is 1. The molecule has 4 N–H and O–H groups in total. The number of primary amides is 1. The summed E-state index contributed by atoms with van der Waals surface area (Å²) >= 11 is 0. The van der Waals surface area contributed by atoms with Crippen molar-refractivity contribution in [3.05, 3.63) is 78.0 Å². The SMILES string of the molecule is Cc1ccc(Oc2ccc(NC(=O)c3ccc(NC(N)=O)cc3)cn2)cc1. The Balaban J connectivity index is 1.61. The fourth-order valence-corrected chi connectivity index (χ4v) is 2.29. The minimum Gasteiger partial charge on any atom is -0.439 e. The molecule has 1 aromatic heterocycles. The fraction of sp³-hybridized carbons (Fsp3) is 0.0500. The first-order chi connectivity index (χ1) is 13.0. The van der Waals surface area contributed by atoms with E-state index in [4.69, 9.17) is 10.5 Å². The van der Waals surface area contributed by atoms with Gasteiger partial charge in [-0.2, -0.15) is 0 Å². The predicted molar refractivity (Wildman–Crippen MR) is 103 cm³/mol. The minimum atomic E-state index is -0.661. The maximum atomic E-state index is 12.3. The van der Waals surface area contributed by atoms with E-state index in [2.05, 4.69) is 15.6 Å². The summed E-state index contributed by atoms with van der Waals surface area (Å²) in [6, 6.07) is 16.7. The number of hydrogen-bond acceptors (Lipinski definition) is 4. The third kappa shape index (κ3) is 5.05. The van der Waals surface area contributed by atoms with Crippen LogP contribution >= 0.6 is 0 Å². The Bertz CT molecular complexity index is 936. The van der Waals surface area contributed by atoms with Crippen LogP contribution in [-0.4, -0.2) is 16.9 Å². The number of ether oxygens (including phenoxy) is 1. The largest absolute Gasteiger partial charge is 0.439 e. The molecule has 0 fully saturated rings. The number of nitrogens with two attached hydrogens (primary N) is 1. The number of hydrogen-bond donors (Lipinski definition) is 3. The quantitative estimate of drug-likeness (QED) is 0.639. The van der Waals surface area contributed by atoms with Gasteiger partial charge in [0.15, 0.2) is 0 Å². The van der Waals surface area contributed by atoms with Crippen LogP contribution in [0.2, 0.25) is 0 Å². The van der Waals surface area contributed by atoms with Gasteiger partial charge in [-0.1, -0.05) is 17.7 Å². The van der Waals surface area contributed by atoms with Crippen molar-refractivity contribution in [1.29, 1.82) is 0 Å². The number of anilines is 2. The Morgan fingerprint density at radius 3 is 2.15 bits per heavy atom. The summed E-state index contributed by atoms with van der Waals surface area (Å²) in [4.78, 5) is 27.3. The molecule has 0 radical (unpaired) electrons. The normalized spacial score (nSPS) is 10.1. The molecule has 3 rings (SSSR count). The van der Waals surface area contributed by atoms with Gasteiger partial charge in [0.2, 0.25) is 5.88 Å². The number of pyridine rings is 1. The second-order valence-electron chi connectivity index (χ2n) is 5.82. The van der Waals surface area contributed by atoms with E-state index in [0.717, 1.165) is 5.56 Å². The van der Waals surface area contributed by atoms with E-state index >= 15 is 0 Å². The molecule has 0 spiro atoms. The highest BCUT2D eigenvalue weighted by Crippen LogP contribution is 2.21. The molecule has 3 amide bonds. The average Bonchev–Trinajstić information content (AvgIpc) is 2.65. The van der Waals surface area contributed by atoms with Crippen LogP contribution < -0.4 is 21.1 Å². The fourth-order valence-electron chi connectivity index (χ4n) is 2.29. The molecule has 0 atom stereocenters. The smallest absolute Gasteiger partial charge is 0.316 e. The standard InChI is InChI=1S/C20H18N4O3/c1-13-2-9-17(10-3-13)27-18-11-8-16(12-22-18)23-19(25)14-4-6-15(7-5-14)24-20(21)26/h2-12H,1H3,(H,23,25)(H3,21,24,26). The molecule has 0 saturated carbocycles. The molecule has 27 heavy (non-hydrogen) atoms. The number of aryl methyl sites for hydroxylation is 1. The maximum absolute atomic E-state index is 12.3. The monoisotopic (exact) mass is 362 g/mol. The van der Waals surface area contributed by atoms with Gasteiger partial charge in [0.1, 0.15) is 5.75 Å². The zero-order valence-corrected chi connectivity index (χ0v) is 14.6. The van der Waals surface area contributed by atoms with Crippen molar-refractivity contribution in [2.45, 2.75) is 6.92 Å². The van der Waals surface area contributed by atoms with E-state index in [-0.39, 0.29) is 5.91 Å².